The van der Waals surface area contributed by atoms with Gasteiger partial charge in [0.1, 0.15) is 5.75 Å². The largest absolute Gasteiger partial charge is 0.494 e. The number of anilines is 2. The molecule has 4 rings (SSSR count). The number of methoxy groups -OCH3 is 4. The Labute approximate surface area is 227 Å². The van der Waals surface area contributed by atoms with Crippen molar-refractivity contribution in [2.45, 2.75) is 39.3 Å². The van der Waals surface area contributed by atoms with Gasteiger partial charge in [-0.1, -0.05) is 6.07 Å². The first-order valence-electron chi connectivity index (χ1n) is 12.5. The molecule has 39 heavy (non-hydrogen) atoms. The summed E-state index contributed by atoms with van der Waals surface area (Å²) in [5.41, 5.74) is 11.3. The number of nitrogens with one attached hydrogen (secondary N) is 2. The molecule has 0 aliphatic heterocycles. The first-order valence-corrected chi connectivity index (χ1v) is 12.5. The van der Waals surface area contributed by atoms with E-state index in [0.717, 1.165) is 16.7 Å². The third-order valence-corrected chi connectivity index (χ3v) is 6.93. The number of pyridine rings is 1. The van der Waals surface area contributed by atoms with E-state index < -0.39 is 0 Å². The monoisotopic (exact) mass is 534 g/mol. The smallest absolute Gasteiger partial charge is 0.217 e. The molecule has 4 N–H and O–H groups in total. The predicted molar refractivity (Wildman–Crippen MR) is 150 cm³/mol. The summed E-state index contributed by atoms with van der Waals surface area (Å²) in [5.74, 6) is 1.82. The lowest BCUT2D eigenvalue weighted by Gasteiger charge is -2.19. The van der Waals surface area contributed by atoms with Gasteiger partial charge in [0, 0.05) is 30.8 Å². The minimum Gasteiger partial charge on any atom is -0.494 e. The van der Waals surface area contributed by atoms with Crippen molar-refractivity contribution in [3.8, 4) is 34.1 Å². The van der Waals surface area contributed by atoms with Gasteiger partial charge in [0.25, 0.3) is 0 Å². The fraction of sp³-hybridized carbons (Fsp3) is 0.345. The van der Waals surface area contributed by atoms with Crippen LogP contribution >= 0.6 is 0 Å². The number of benzene rings is 1. The predicted octanol–water partition coefficient (Wildman–Crippen LogP) is 3.77. The number of nitrogens with two attached hydrogens (primary N) is 1. The minimum absolute atomic E-state index is 0.187. The number of hydrogen-bond donors (Lipinski definition) is 3. The summed E-state index contributed by atoms with van der Waals surface area (Å²) >= 11 is 0. The highest BCUT2D eigenvalue weighted by Gasteiger charge is 2.29. The van der Waals surface area contributed by atoms with E-state index in [1.807, 2.05) is 12.1 Å². The summed E-state index contributed by atoms with van der Waals surface area (Å²) in [4.78, 5) is 30.0. The molecular formula is C29H34N4O6. The average molecular weight is 535 g/mol. The van der Waals surface area contributed by atoms with Gasteiger partial charge in [-0.25, -0.2) is 0 Å². The molecule has 0 saturated heterocycles. The third-order valence-electron chi connectivity index (χ3n) is 6.93. The summed E-state index contributed by atoms with van der Waals surface area (Å²) in [6, 6.07) is 6.70. The van der Waals surface area contributed by atoms with Crippen LogP contribution in [0, 0.1) is 6.92 Å². The van der Waals surface area contributed by atoms with E-state index in [-0.39, 0.29) is 23.9 Å². The molecule has 206 valence electrons. The van der Waals surface area contributed by atoms with Crippen LogP contribution in [0.15, 0.2) is 35.3 Å². The zero-order valence-electron chi connectivity index (χ0n) is 23.1. The number of carbonyl (C=O) groups excluding carboxylic acids is 1. The molecule has 1 aliphatic rings. The Balaban J connectivity index is 1.88. The Hall–Kier alpha value is -4.47. The molecule has 3 aromatic rings. The number of fused-ring (bicyclic) bond motifs is 3. The Bertz CT molecular complexity index is 1470. The Morgan fingerprint density at radius 1 is 1.05 bits per heavy atom. The molecule has 10 nitrogen and oxygen atoms in total. The van der Waals surface area contributed by atoms with Crippen molar-refractivity contribution in [1.29, 1.82) is 0 Å². The van der Waals surface area contributed by atoms with Gasteiger partial charge in [-0.15, -0.1) is 0 Å². The van der Waals surface area contributed by atoms with Crippen molar-refractivity contribution in [1.82, 2.24) is 10.3 Å². The quantitative estimate of drug-likeness (QED) is 0.395. The number of ether oxygens (including phenoxy) is 4. The SMILES string of the molecule is COc1cc2c(c(OC)c1OC)-c1ccc(NCc3cnc(C)c(N)c3OC)c(=O)cc1C(NC(C)=O)CC2. The molecule has 0 bridgehead atoms. The van der Waals surface area contributed by atoms with E-state index >= 15 is 0 Å². The summed E-state index contributed by atoms with van der Waals surface area (Å²) in [6.07, 6.45) is 2.87. The maximum Gasteiger partial charge on any atom is 0.217 e. The fourth-order valence-corrected chi connectivity index (χ4v) is 5.05. The second-order valence-corrected chi connectivity index (χ2v) is 9.27. The van der Waals surface area contributed by atoms with Crippen LogP contribution in [-0.2, 0) is 17.8 Å². The topological polar surface area (TPSA) is 134 Å². The molecule has 1 amide bonds. The second kappa shape index (κ2) is 11.5. The maximum atomic E-state index is 13.5. The zero-order chi connectivity index (χ0) is 28.3. The average Bonchev–Trinajstić information content (AvgIpc) is 3.16. The second-order valence-electron chi connectivity index (χ2n) is 9.27. The number of aryl methyl sites for hydroxylation is 2. The molecule has 10 heteroatoms. The number of rotatable bonds is 8. The van der Waals surface area contributed by atoms with E-state index in [9.17, 15) is 9.59 Å². The molecule has 1 aliphatic carbocycles. The van der Waals surface area contributed by atoms with Crippen LogP contribution in [0.2, 0.25) is 0 Å². The highest BCUT2D eigenvalue weighted by Crippen LogP contribution is 2.50. The Morgan fingerprint density at radius 3 is 2.41 bits per heavy atom. The van der Waals surface area contributed by atoms with Crippen molar-refractivity contribution < 1.29 is 23.7 Å². The first kappa shape index (κ1) is 27.6. The van der Waals surface area contributed by atoms with Gasteiger partial charge in [-0.2, -0.15) is 0 Å². The van der Waals surface area contributed by atoms with Gasteiger partial charge in [0.05, 0.1) is 51.5 Å². The van der Waals surface area contributed by atoms with E-state index in [1.54, 1.807) is 53.7 Å². The van der Waals surface area contributed by atoms with Gasteiger partial charge in [-0.05, 0) is 54.7 Å². The molecule has 1 aromatic heterocycles. The maximum absolute atomic E-state index is 13.5. The van der Waals surface area contributed by atoms with Crippen LogP contribution in [0.5, 0.6) is 23.0 Å². The lowest BCUT2D eigenvalue weighted by molar-refractivity contribution is -0.119. The van der Waals surface area contributed by atoms with Crippen LogP contribution in [-0.4, -0.2) is 39.3 Å². The number of aromatic nitrogens is 1. The zero-order valence-corrected chi connectivity index (χ0v) is 23.1. The van der Waals surface area contributed by atoms with E-state index in [2.05, 4.69) is 15.6 Å². The van der Waals surface area contributed by atoms with Crippen molar-refractivity contribution in [3.63, 3.8) is 0 Å². The Morgan fingerprint density at radius 2 is 1.77 bits per heavy atom. The molecule has 1 heterocycles. The van der Waals surface area contributed by atoms with Crippen molar-refractivity contribution in [2.75, 3.05) is 39.5 Å². The summed E-state index contributed by atoms with van der Waals surface area (Å²) in [5, 5.41) is 6.22. The molecule has 0 fully saturated rings. The van der Waals surface area contributed by atoms with Crippen LogP contribution < -0.4 is 40.7 Å². The Kier molecular flexibility index (Phi) is 8.13. The fourth-order valence-electron chi connectivity index (χ4n) is 5.05. The van der Waals surface area contributed by atoms with Gasteiger partial charge in [0.2, 0.25) is 17.1 Å². The number of nitrogens with zero attached hydrogens (tertiary/aromatic N) is 1. The summed E-state index contributed by atoms with van der Waals surface area (Å²) in [7, 11) is 6.23. The van der Waals surface area contributed by atoms with Gasteiger partial charge in [-0.3, -0.25) is 14.6 Å². The van der Waals surface area contributed by atoms with E-state index in [0.29, 0.717) is 64.0 Å². The lowest BCUT2D eigenvalue weighted by Crippen LogP contribution is -2.26. The normalized spacial score (nSPS) is 13.8. The molecule has 0 radical (unpaired) electrons. The standard InChI is InChI=1S/C29H34N4O6/c1-15-26(30)27(37-4)18(13-31-15)14-32-22-10-8-19-20(12-23(22)35)21(33-16(2)34)9-7-17-11-24(36-3)28(38-5)29(39-6)25(17)19/h8,10-13,21H,7,9,14,30H2,1-6H3,(H,32,35)(H,33,34). The molecule has 1 atom stereocenters. The molecule has 2 aromatic carbocycles. The molecule has 0 spiro atoms. The van der Waals surface area contributed by atoms with Crippen LogP contribution in [0.25, 0.3) is 11.1 Å². The molecular weight excluding hydrogens is 500 g/mol. The number of hydrogen-bond acceptors (Lipinski definition) is 9. The van der Waals surface area contributed by atoms with Gasteiger partial charge < -0.3 is 35.3 Å². The lowest BCUT2D eigenvalue weighted by atomic mass is 9.95. The van der Waals surface area contributed by atoms with Gasteiger partial charge >= 0.3 is 0 Å². The third kappa shape index (κ3) is 5.27. The molecule has 1 unspecified atom stereocenters. The van der Waals surface area contributed by atoms with Crippen molar-refractivity contribution in [3.05, 3.63) is 63.1 Å². The van der Waals surface area contributed by atoms with Gasteiger partial charge in [0.15, 0.2) is 11.5 Å². The van der Waals surface area contributed by atoms with Crippen LogP contribution in [0.4, 0.5) is 11.4 Å². The molecule has 0 saturated carbocycles. The summed E-state index contributed by atoms with van der Waals surface area (Å²) in [6.45, 7) is 3.54. The highest BCUT2D eigenvalue weighted by atomic mass is 16.5. The highest BCUT2D eigenvalue weighted by molar-refractivity contribution is 5.83. The van der Waals surface area contributed by atoms with Crippen LogP contribution in [0.3, 0.4) is 0 Å². The number of nitrogen functional groups attached to an aromatic ring is 1. The minimum atomic E-state index is -0.388. The van der Waals surface area contributed by atoms with Crippen molar-refractivity contribution >= 4 is 17.3 Å². The first-order chi connectivity index (χ1) is 18.7. The van der Waals surface area contributed by atoms with Crippen molar-refractivity contribution in [2.24, 2.45) is 0 Å². The van der Waals surface area contributed by atoms with E-state index in [4.69, 9.17) is 24.7 Å². The summed E-state index contributed by atoms with van der Waals surface area (Å²) < 4.78 is 22.5. The number of carbonyl (C=O) groups is 1. The number of amides is 1. The van der Waals surface area contributed by atoms with E-state index in [1.165, 1.54) is 6.92 Å². The van der Waals surface area contributed by atoms with Crippen LogP contribution in [0.1, 0.15) is 41.8 Å².